The minimum Gasteiger partial charge on any atom is -0.480 e. The fraction of sp³-hybridized carbons (Fsp3) is 0.625. The molecule has 1 fully saturated rings. The third kappa shape index (κ3) is 6.32. The van der Waals surface area contributed by atoms with Gasteiger partial charge in [-0.1, -0.05) is 20.4 Å². The molecule has 0 aromatic carbocycles. The predicted molar refractivity (Wildman–Crippen MR) is 83.9 cm³/mol. The molecule has 0 aromatic heterocycles. The minimum absolute atomic E-state index is 0.128. The van der Waals surface area contributed by atoms with Gasteiger partial charge in [-0.15, -0.1) is 0 Å². The second-order valence-electron chi connectivity index (χ2n) is 5.87. The number of rotatable bonds is 6. The molecule has 0 aromatic rings. The molecule has 7 heteroatoms. The molecule has 7 nitrogen and oxygen atoms in total. The third-order valence-electron chi connectivity index (χ3n) is 3.46. The summed E-state index contributed by atoms with van der Waals surface area (Å²) in [6.07, 6.45) is 3.73. The first-order chi connectivity index (χ1) is 10.7. The number of aldehydes is 1. The molecule has 1 rings (SSSR count). The van der Waals surface area contributed by atoms with E-state index in [1.54, 1.807) is 13.8 Å². The van der Waals surface area contributed by atoms with Gasteiger partial charge < -0.3 is 14.7 Å². The molecule has 1 aliphatic heterocycles. The average Bonchev–Trinajstić information content (AvgIpc) is 2.53. The second-order valence-corrected chi connectivity index (χ2v) is 5.87. The number of nitrogens with zero attached hydrogens (tertiary/aromatic N) is 1. The SMILES string of the molecule is C=CC=O.COCC(C)(C)C(=O)C(=O)N1CCCC[C@H]1C(=O)O. The molecule has 0 bridgehead atoms. The van der Waals surface area contributed by atoms with Gasteiger partial charge in [0.25, 0.3) is 5.91 Å². The lowest BCUT2D eigenvalue weighted by Crippen LogP contribution is -2.53. The zero-order valence-electron chi connectivity index (χ0n) is 13.9. The number of likely N-dealkylation sites (tertiary alicyclic amines) is 1. The zero-order valence-corrected chi connectivity index (χ0v) is 13.9. The van der Waals surface area contributed by atoms with Crippen LogP contribution in [0, 0.1) is 5.41 Å². The van der Waals surface area contributed by atoms with Gasteiger partial charge in [-0.25, -0.2) is 4.79 Å². The van der Waals surface area contributed by atoms with E-state index >= 15 is 0 Å². The Balaban J connectivity index is 0.00000108. The number of Topliss-reactive ketones (excluding diaryl/α,β-unsaturated/α-hetero) is 1. The van der Waals surface area contributed by atoms with Gasteiger partial charge in [-0.3, -0.25) is 14.4 Å². The van der Waals surface area contributed by atoms with E-state index in [1.807, 2.05) is 0 Å². The number of carbonyl (C=O) groups excluding carboxylic acids is 3. The number of amides is 1. The molecule has 130 valence electrons. The maximum atomic E-state index is 12.2. The van der Waals surface area contributed by atoms with Crippen molar-refractivity contribution in [3.63, 3.8) is 0 Å². The summed E-state index contributed by atoms with van der Waals surface area (Å²) in [7, 11) is 1.46. The lowest BCUT2D eigenvalue weighted by atomic mass is 9.87. The van der Waals surface area contributed by atoms with Crippen molar-refractivity contribution in [3.05, 3.63) is 12.7 Å². The van der Waals surface area contributed by atoms with Crippen molar-refractivity contribution in [3.8, 4) is 0 Å². The summed E-state index contributed by atoms with van der Waals surface area (Å²) in [5.41, 5.74) is -0.938. The number of methoxy groups -OCH3 is 1. The van der Waals surface area contributed by atoms with E-state index in [2.05, 4.69) is 6.58 Å². The number of hydrogen-bond acceptors (Lipinski definition) is 5. The standard InChI is InChI=1S/C13H21NO5.C3H4O/c1-13(2,8-19-3)10(15)11(16)14-7-5-4-6-9(14)12(17)18;1-2-3-4/h9H,4-8H2,1-3H3,(H,17,18);2-3H,1H2/t9-;/m0./s1. The number of hydrogen-bond donors (Lipinski definition) is 1. The summed E-state index contributed by atoms with van der Waals surface area (Å²) >= 11 is 0. The molecule has 0 radical (unpaired) electrons. The number of carbonyl (C=O) groups is 4. The van der Waals surface area contributed by atoms with Gasteiger partial charge in [-0.2, -0.15) is 0 Å². The molecule has 23 heavy (non-hydrogen) atoms. The van der Waals surface area contributed by atoms with Crippen LogP contribution in [0.5, 0.6) is 0 Å². The number of carboxylic acids is 1. The summed E-state index contributed by atoms with van der Waals surface area (Å²) < 4.78 is 4.93. The van der Waals surface area contributed by atoms with E-state index in [9.17, 15) is 14.4 Å². The highest BCUT2D eigenvalue weighted by atomic mass is 16.5. The summed E-state index contributed by atoms with van der Waals surface area (Å²) in [6.45, 7) is 6.81. The van der Waals surface area contributed by atoms with Crippen molar-refractivity contribution in [2.75, 3.05) is 20.3 Å². The van der Waals surface area contributed by atoms with Gasteiger partial charge in [0, 0.05) is 13.7 Å². The summed E-state index contributed by atoms with van der Waals surface area (Å²) in [5, 5.41) is 9.12. The third-order valence-corrected chi connectivity index (χ3v) is 3.46. The molecule has 1 atom stereocenters. The monoisotopic (exact) mass is 327 g/mol. The van der Waals surface area contributed by atoms with E-state index < -0.39 is 29.1 Å². The molecule has 1 N–H and O–H groups in total. The Morgan fingerprint density at radius 3 is 2.35 bits per heavy atom. The number of piperidine rings is 1. The van der Waals surface area contributed by atoms with E-state index in [-0.39, 0.29) is 6.61 Å². The molecule has 0 unspecified atom stereocenters. The molecule has 1 amide bonds. The van der Waals surface area contributed by atoms with Gasteiger partial charge in [0.2, 0.25) is 5.78 Å². The number of carboxylic acid groups (broad SMARTS) is 1. The van der Waals surface area contributed by atoms with Crippen LogP contribution in [0.25, 0.3) is 0 Å². The van der Waals surface area contributed by atoms with E-state index in [4.69, 9.17) is 14.6 Å². The molecule has 1 saturated heterocycles. The van der Waals surface area contributed by atoms with Crippen molar-refractivity contribution >= 4 is 23.9 Å². The number of ether oxygens (including phenoxy) is 1. The molecule has 0 spiro atoms. The fourth-order valence-corrected chi connectivity index (χ4v) is 2.28. The molecular weight excluding hydrogens is 302 g/mol. The number of ketones is 1. The number of allylic oxidation sites excluding steroid dienone is 1. The van der Waals surface area contributed by atoms with Crippen LogP contribution in [0.1, 0.15) is 33.1 Å². The first-order valence-electron chi connectivity index (χ1n) is 7.36. The van der Waals surface area contributed by atoms with E-state index in [0.717, 1.165) is 12.8 Å². The Kier molecular flexibility index (Phi) is 9.02. The van der Waals surface area contributed by atoms with Crippen LogP contribution < -0.4 is 0 Å². The predicted octanol–water partition coefficient (Wildman–Crippen LogP) is 1.07. The maximum Gasteiger partial charge on any atom is 0.326 e. The minimum atomic E-state index is -1.05. The molecule has 0 saturated carbocycles. The largest absolute Gasteiger partial charge is 0.480 e. The highest BCUT2D eigenvalue weighted by Gasteiger charge is 2.40. The van der Waals surface area contributed by atoms with Gasteiger partial charge in [0.1, 0.15) is 12.3 Å². The van der Waals surface area contributed by atoms with Crippen molar-refractivity contribution in [1.29, 1.82) is 0 Å². The molecule has 0 aliphatic carbocycles. The summed E-state index contributed by atoms with van der Waals surface area (Å²) in [4.78, 5) is 45.7. The highest BCUT2D eigenvalue weighted by Crippen LogP contribution is 2.23. The van der Waals surface area contributed by atoms with Crippen LogP contribution in [-0.4, -0.2) is 60.3 Å². The van der Waals surface area contributed by atoms with Gasteiger partial charge in [0.15, 0.2) is 0 Å². The fourth-order valence-electron chi connectivity index (χ4n) is 2.28. The van der Waals surface area contributed by atoms with Crippen molar-refractivity contribution in [1.82, 2.24) is 4.90 Å². The first-order valence-corrected chi connectivity index (χ1v) is 7.36. The van der Waals surface area contributed by atoms with Gasteiger partial charge in [0.05, 0.1) is 12.0 Å². The molecule has 1 aliphatic rings. The van der Waals surface area contributed by atoms with Gasteiger partial charge >= 0.3 is 5.97 Å². The normalized spacial score (nSPS) is 17.5. The lowest BCUT2D eigenvalue weighted by molar-refractivity contribution is -0.158. The second kappa shape index (κ2) is 9.89. The van der Waals surface area contributed by atoms with Crippen LogP contribution in [-0.2, 0) is 23.9 Å². The smallest absolute Gasteiger partial charge is 0.326 e. The van der Waals surface area contributed by atoms with E-state index in [1.165, 1.54) is 18.1 Å². The van der Waals surface area contributed by atoms with Crippen LogP contribution in [0.4, 0.5) is 0 Å². The Labute approximate surface area is 136 Å². The lowest BCUT2D eigenvalue weighted by Gasteiger charge is -2.34. The van der Waals surface area contributed by atoms with Crippen LogP contribution in [0.3, 0.4) is 0 Å². The Hall–Kier alpha value is -2.02. The van der Waals surface area contributed by atoms with Gasteiger partial charge in [-0.05, 0) is 25.3 Å². The molecule has 1 heterocycles. The van der Waals surface area contributed by atoms with Crippen LogP contribution >= 0.6 is 0 Å². The maximum absolute atomic E-state index is 12.2. The zero-order chi connectivity index (χ0) is 18.0. The topological polar surface area (TPSA) is 101 Å². The number of aliphatic carboxylic acids is 1. The van der Waals surface area contributed by atoms with E-state index in [0.29, 0.717) is 19.3 Å². The average molecular weight is 327 g/mol. The highest BCUT2D eigenvalue weighted by molar-refractivity contribution is 6.38. The Morgan fingerprint density at radius 1 is 1.35 bits per heavy atom. The Morgan fingerprint density at radius 2 is 1.91 bits per heavy atom. The summed E-state index contributed by atoms with van der Waals surface area (Å²) in [5.74, 6) is -2.36. The van der Waals surface area contributed by atoms with Crippen LogP contribution in [0.15, 0.2) is 12.7 Å². The first kappa shape index (κ1) is 21.0. The van der Waals surface area contributed by atoms with Crippen molar-refractivity contribution in [2.45, 2.75) is 39.2 Å². The summed E-state index contributed by atoms with van der Waals surface area (Å²) in [6, 6.07) is -0.886. The van der Waals surface area contributed by atoms with Crippen LogP contribution in [0.2, 0.25) is 0 Å². The Bertz CT molecular complexity index is 451. The van der Waals surface area contributed by atoms with Crippen molar-refractivity contribution in [2.24, 2.45) is 5.41 Å². The quantitative estimate of drug-likeness (QED) is 0.445. The van der Waals surface area contributed by atoms with Crippen molar-refractivity contribution < 1.29 is 29.0 Å². The molecular formula is C16H25NO6.